The summed E-state index contributed by atoms with van der Waals surface area (Å²) in [4.78, 5) is 28.3. The van der Waals surface area contributed by atoms with Crippen molar-refractivity contribution in [2.45, 2.75) is 46.2 Å². The molecule has 1 aliphatic heterocycles. The quantitative estimate of drug-likeness (QED) is 0.771. The summed E-state index contributed by atoms with van der Waals surface area (Å²) in [6.45, 7) is 8.68. The summed E-state index contributed by atoms with van der Waals surface area (Å²) in [5, 5.41) is 12.6. The Kier molecular flexibility index (Phi) is 6.05. The molecule has 6 heteroatoms. The maximum Gasteiger partial charge on any atom is 0.317 e. The number of fused-ring (bicyclic) bond motifs is 1. The van der Waals surface area contributed by atoms with Crippen LogP contribution in [0, 0.1) is 11.3 Å². The van der Waals surface area contributed by atoms with Gasteiger partial charge in [-0.25, -0.2) is 4.79 Å². The first kappa shape index (κ1) is 19.7. The third-order valence-corrected chi connectivity index (χ3v) is 6.35. The number of nitrogens with one attached hydrogen (secondary N) is 1. The number of carbonyl (C=O) groups excluding carboxylic acids is 1. The first-order chi connectivity index (χ1) is 13.0. The van der Waals surface area contributed by atoms with E-state index in [-0.39, 0.29) is 11.9 Å². The molecule has 2 fully saturated rings. The first-order valence-corrected chi connectivity index (χ1v) is 10.0. The number of benzene rings is 1. The van der Waals surface area contributed by atoms with Crippen molar-refractivity contribution in [1.82, 2.24) is 15.1 Å². The Labute approximate surface area is 161 Å². The number of carboxylic acid groups (broad SMARTS) is 1. The Hall–Kier alpha value is -2.08. The van der Waals surface area contributed by atoms with Crippen LogP contribution in [-0.4, -0.2) is 53.1 Å². The van der Waals surface area contributed by atoms with Gasteiger partial charge in [0.15, 0.2) is 0 Å². The third kappa shape index (κ3) is 4.10. The van der Waals surface area contributed by atoms with Gasteiger partial charge in [-0.05, 0) is 43.0 Å². The zero-order valence-electron chi connectivity index (χ0n) is 16.4. The van der Waals surface area contributed by atoms with Gasteiger partial charge in [0.25, 0.3) is 0 Å². The van der Waals surface area contributed by atoms with Crippen LogP contribution in [0.15, 0.2) is 24.3 Å². The molecule has 2 aliphatic rings. The monoisotopic (exact) mass is 373 g/mol. The molecule has 0 unspecified atom stereocenters. The number of likely N-dealkylation sites (tertiary alicyclic amines) is 1. The van der Waals surface area contributed by atoms with Crippen molar-refractivity contribution in [2.24, 2.45) is 11.3 Å². The molecule has 3 rings (SSSR count). The van der Waals surface area contributed by atoms with Crippen molar-refractivity contribution in [3.05, 3.63) is 35.4 Å². The van der Waals surface area contributed by atoms with E-state index in [1.54, 1.807) is 4.90 Å². The number of nitrogens with zero attached hydrogens (tertiary/aromatic N) is 2. The van der Waals surface area contributed by atoms with E-state index in [0.717, 1.165) is 38.0 Å². The van der Waals surface area contributed by atoms with Crippen LogP contribution in [0.5, 0.6) is 0 Å². The highest BCUT2D eigenvalue weighted by Crippen LogP contribution is 2.48. The van der Waals surface area contributed by atoms with E-state index in [0.29, 0.717) is 26.1 Å². The Morgan fingerprint density at radius 3 is 2.48 bits per heavy atom. The van der Waals surface area contributed by atoms with Crippen molar-refractivity contribution in [3.8, 4) is 0 Å². The molecule has 0 radical (unpaired) electrons. The highest BCUT2D eigenvalue weighted by Gasteiger charge is 2.55. The highest BCUT2D eigenvalue weighted by atomic mass is 16.4. The first-order valence-electron chi connectivity index (χ1n) is 10.0. The molecule has 2 atom stereocenters. The van der Waals surface area contributed by atoms with Crippen LogP contribution in [0.4, 0.5) is 4.79 Å². The highest BCUT2D eigenvalue weighted by molar-refractivity contribution is 5.80. The normalized spacial score (nSPS) is 24.3. The summed E-state index contributed by atoms with van der Waals surface area (Å²) in [6.07, 6.45) is 2.54. The van der Waals surface area contributed by atoms with Gasteiger partial charge in [0, 0.05) is 26.2 Å². The molecule has 0 spiro atoms. The van der Waals surface area contributed by atoms with E-state index < -0.39 is 11.4 Å². The van der Waals surface area contributed by atoms with Gasteiger partial charge in [0.2, 0.25) is 0 Å². The van der Waals surface area contributed by atoms with Crippen molar-refractivity contribution in [3.63, 3.8) is 0 Å². The summed E-state index contributed by atoms with van der Waals surface area (Å²) in [6, 6.07) is 8.17. The van der Waals surface area contributed by atoms with E-state index in [1.165, 1.54) is 5.56 Å². The van der Waals surface area contributed by atoms with Crippen molar-refractivity contribution in [2.75, 3.05) is 26.2 Å². The third-order valence-electron chi connectivity index (χ3n) is 6.35. The zero-order valence-corrected chi connectivity index (χ0v) is 16.4. The molecule has 1 heterocycles. The number of amides is 2. The Morgan fingerprint density at radius 2 is 1.89 bits per heavy atom. The lowest BCUT2D eigenvalue weighted by molar-refractivity contribution is -0.149. The van der Waals surface area contributed by atoms with Gasteiger partial charge in [-0.2, -0.15) is 0 Å². The lowest BCUT2D eigenvalue weighted by atomic mass is 9.81. The molecular formula is C21H31N3O3. The standard InChI is InChI=1S/C21H31N3O3/c1-3-23(4-2)13-17-9-7-16(8-10-17)12-22-20(27)24-14-18-6-5-11-21(18,15-24)19(25)26/h7-10,18H,3-6,11-15H2,1-2H3,(H,22,27)(H,25,26)/t18-,21+/m0/s1. The van der Waals surface area contributed by atoms with Gasteiger partial charge >= 0.3 is 12.0 Å². The summed E-state index contributed by atoms with van der Waals surface area (Å²) >= 11 is 0. The fraction of sp³-hybridized carbons (Fsp3) is 0.619. The molecular weight excluding hydrogens is 342 g/mol. The van der Waals surface area contributed by atoms with Gasteiger partial charge < -0.3 is 15.3 Å². The summed E-state index contributed by atoms with van der Waals surface area (Å²) in [5.41, 5.74) is 1.60. The Morgan fingerprint density at radius 1 is 1.22 bits per heavy atom. The molecule has 1 aliphatic carbocycles. The lowest BCUT2D eigenvalue weighted by Gasteiger charge is -2.23. The van der Waals surface area contributed by atoms with Crippen LogP contribution in [0.3, 0.4) is 0 Å². The molecule has 0 aromatic heterocycles. The second-order valence-electron chi connectivity index (χ2n) is 7.87. The fourth-order valence-corrected chi connectivity index (χ4v) is 4.55. The van der Waals surface area contributed by atoms with Crippen LogP contribution in [0.1, 0.15) is 44.2 Å². The number of carbonyl (C=O) groups is 2. The van der Waals surface area contributed by atoms with E-state index in [1.807, 2.05) is 0 Å². The van der Waals surface area contributed by atoms with Gasteiger partial charge in [-0.3, -0.25) is 9.69 Å². The summed E-state index contributed by atoms with van der Waals surface area (Å²) in [5.74, 6) is -0.649. The second-order valence-corrected chi connectivity index (χ2v) is 7.87. The molecule has 1 saturated heterocycles. The van der Waals surface area contributed by atoms with Gasteiger partial charge in [0.1, 0.15) is 0 Å². The van der Waals surface area contributed by atoms with Crippen LogP contribution >= 0.6 is 0 Å². The van der Waals surface area contributed by atoms with E-state index >= 15 is 0 Å². The average molecular weight is 373 g/mol. The fourth-order valence-electron chi connectivity index (χ4n) is 4.55. The molecule has 2 amide bonds. The molecule has 6 nitrogen and oxygen atoms in total. The van der Waals surface area contributed by atoms with Crippen LogP contribution in [0.2, 0.25) is 0 Å². The minimum absolute atomic E-state index is 0.0973. The SMILES string of the molecule is CCN(CC)Cc1ccc(CNC(=O)N2C[C@@H]3CCC[C@@]3(C(=O)O)C2)cc1. The lowest BCUT2D eigenvalue weighted by Crippen LogP contribution is -2.41. The van der Waals surface area contributed by atoms with E-state index in [9.17, 15) is 14.7 Å². The summed E-state index contributed by atoms with van der Waals surface area (Å²) in [7, 11) is 0. The number of hydrogen-bond acceptors (Lipinski definition) is 3. The van der Waals surface area contributed by atoms with Crippen molar-refractivity contribution in [1.29, 1.82) is 0 Å². The molecule has 27 heavy (non-hydrogen) atoms. The van der Waals surface area contributed by atoms with Crippen molar-refractivity contribution < 1.29 is 14.7 Å². The number of urea groups is 1. The van der Waals surface area contributed by atoms with Gasteiger partial charge in [-0.1, -0.05) is 44.5 Å². The number of rotatable bonds is 7. The topological polar surface area (TPSA) is 72.9 Å². The molecule has 148 valence electrons. The predicted octanol–water partition coefficient (Wildman–Crippen LogP) is 2.92. The van der Waals surface area contributed by atoms with E-state index in [4.69, 9.17) is 0 Å². The number of aliphatic carboxylic acids is 1. The minimum Gasteiger partial charge on any atom is -0.481 e. The molecule has 1 aromatic rings. The largest absolute Gasteiger partial charge is 0.481 e. The number of hydrogen-bond donors (Lipinski definition) is 2. The zero-order chi connectivity index (χ0) is 19.4. The smallest absolute Gasteiger partial charge is 0.317 e. The Bertz CT molecular complexity index is 672. The van der Waals surface area contributed by atoms with Gasteiger partial charge in [0.05, 0.1) is 5.41 Å². The van der Waals surface area contributed by atoms with Crippen LogP contribution in [0.25, 0.3) is 0 Å². The molecule has 0 bridgehead atoms. The maximum atomic E-state index is 12.5. The average Bonchev–Trinajstić information content (AvgIpc) is 3.24. The van der Waals surface area contributed by atoms with Gasteiger partial charge in [-0.15, -0.1) is 0 Å². The minimum atomic E-state index is -0.746. The van der Waals surface area contributed by atoms with Crippen LogP contribution in [-0.2, 0) is 17.9 Å². The molecule has 1 saturated carbocycles. The molecule has 2 N–H and O–H groups in total. The predicted molar refractivity (Wildman–Crippen MR) is 104 cm³/mol. The maximum absolute atomic E-state index is 12.5. The summed E-state index contributed by atoms with van der Waals surface area (Å²) < 4.78 is 0. The molecule has 1 aromatic carbocycles. The van der Waals surface area contributed by atoms with Crippen LogP contribution < -0.4 is 5.32 Å². The van der Waals surface area contributed by atoms with E-state index in [2.05, 4.69) is 48.3 Å². The second kappa shape index (κ2) is 8.30. The van der Waals surface area contributed by atoms with Crippen molar-refractivity contribution >= 4 is 12.0 Å². The Balaban J connectivity index is 1.52. The number of carboxylic acids is 1.